The standard InChI is InChI=1S/C14H19N3O2S/c1-10-6-4-5-7-13(10)8-11(2)17-20(18,19)14-9-15-12(3)16-14/h4-7,9,11,17H,8H2,1-3H3,(H,15,16). The van der Waals surface area contributed by atoms with Gasteiger partial charge in [-0.05, 0) is 38.3 Å². The molecule has 0 saturated carbocycles. The van der Waals surface area contributed by atoms with Crippen molar-refractivity contribution in [2.75, 3.05) is 0 Å². The highest BCUT2D eigenvalue weighted by Crippen LogP contribution is 2.12. The van der Waals surface area contributed by atoms with E-state index >= 15 is 0 Å². The molecule has 1 aromatic heterocycles. The molecule has 1 aromatic carbocycles. The van der Waals surface area contributed by atoms with Gasteiger partial charge >= 0.3 is 0 Å². The first-order chi connectivity index (χ1) is 9.38. The van der Waals surface area contributed by atoms with Crippen molar-refractivity contribution in [1.82, 2.24) is 14.7 Å². The number of H-pyrrole nitrogens is 1. The van der Waals surface area contributed by atoms with Gasteiger partial charge < -0.3 is 4.98 Å². The van der Waals surface area contributed by atoms with Gasteiger partial charge in [-0.15, -0.1) is 0 Å². The van der Waals surface area contributed by atoms with E-state index in [0.29, 0.717) is 12.2 Å². The summed E-state index contributed by atoms with van der Waals surface area (Å²) in [5.74, 6) is 0.580. The van der Waals surface area contributed by atoms with Crippen LogP contribution in [0.15, 0.2) is 35.5 Å². The van der Waals surface area contributed by atoms with Gasteiger partial charge in [0.05, 0.1) is 6.20 Å². The molecule has 6 heteroatoms. The third kappa shape index (κ3) is 3.46. The van der Waals surface area contributed by atoms with E-state index in [1.807, 2.05) is 38.1 Å². The van der Waals surface area contributed by atoms with Crippen molar-refractivity contribution in [2.24, 2.45) is 0 Å². The van der Waals surface area contributed by atoms with E-state index in [9.17, 15) is 8.42 Å². The fraction of sp³-hybridized carbons (Fsp3) is 0.357. The van der Waals surface area contributed by atoms with Crippen LogP contribution < -0.4 is 4.72 Å². The van der Waals surface area contributed by atoms with Crippen LogP contribution in [0.5, 0.6) is 0 Å². The van der Waals surface area contributed by atoms with E-state index in [0.717, 1.165) is 11.1 Å². The summed E-state index contributed by atoms with van der Waals surface area (Å²) >= 11 is 0. The quantitative estimate of drug-likeness (QED) is 0.884. The maximum Gasteiger partial charge on any atom is 0.257 e. The van der Waals surface area contributed by atoms with E-state index in [2.05, 4.69) is 14.7 Å². The number of hydrogen-bond acceptors (Lipinski definition) is 3. The Hall–Kier alpha value is -1.66. The lowest BCUT2D eigenvalue weighted by molar-refractivity contribution is 0.556. The lowest BCUT2D eigenvalue weighted by atomic mass is 10.0. The number of sulfonamides is 1. The predicted molar refractivity (Wildman–Crippen MR) is 78.0 cm³/mol. The molecule has 2 rings (SSSR count). The van der Waals surface area contributed by atoms with Gasteiger partial charge in [0.2, 0.25) is 0 Å². The maximum atomic E-state index is 12.1. The molecule has 20 heavy (non-hydrogen) atoms. The van der Waals surface area contributed by atoms with Crippen molar-refractivity contribution in [1.29, 1.82) is 0 Å². The topological polar surface area (TPSA) is 74.8 Å². The van der Waals surface area contributed by atoms with Crippen LogP contribution in [0.2, 0.25) is 0 Å². The number of aromatic nitrogens is 2. The molecule has 0 spiro atoms. The van der Waals surface area contributed by atoms with Crippen LogP contribution in [-0.4, -0.2) is 24.4 Å². The van der Waals surface area contributed by atoms with Crippen molar-refractivity contribution in [3.8, 4) is 0 Å². The number of hydrogen-bond donors (Lipinski definition) is 2. The van der Waals surface area contributed by atoms with Crippen LogP contribution in [0, 0.1) is 13.8 Å². The molecule has 0 amide bonds. The monoisotopic (exact) mass is 293 g/mol. The number of imidazole rings is 1. The number of aryl methyl sites for hydroxylation is 2. The lowest BCUT2D eigenvalue weighted by Crippen LogP contribution is -2.34. The first-order valence-corrected chi connectivity index (χ1v) is 7.95. The predicted octanol–water partition coefficient (Wildman–Crippen LogP) is 1.94. The van der Waals surface area contributed by atoms with E-state index in [1.165, 1.54) is 6.20 Å². The van der Waals surface area contributed by atoms with Crippen molar-refractivity contribution < 1.29 is 8.42 Å². The minimum Gasteiger partial charge on any atom is -0.332 e. The average Bonchev–Trinajstić information content (AvgIpc) is 2.79. The Kier molecular flexibility index (Phi) is 4.25. The molecule has 1 heterocycles. The van der Waals surface area contributed by atoms with E-state index < -0.39 is 10.0 Å². The Balaban J connectivity index is 2.08. The second-order valence-electron chi connectivity index (χ2n) is 4.99. The van der Waals surface area contributed by atoms with E-state index in [-0.39, 0.29) is 11.1 Å². The third-order valence-corrected chi connectivity index (χ3v) is 4.61. The summed E-state index contributed by atoms with van der Waals surface area (Å²) < 4.78 is 27.0. The van der Waals surface area contributed by atoms with Crippen LogP contribution in [0.4, 0.5) is 0 Å². The number of rotatable bonds is 5. The molecule has 108 valence electrons. The second-order valence-corrected chi connectivity index (χ2v) is 6.67. The SMILES string of the molecule is Cc1ncc(S(=O)(=O)NC(C)Cc2ccccc2C)[nH]1. The molecule has 1 atom stereocenters. The molecular weight excluding hydrogens is 274 g/mol. The fourth-order valence-electron chi connectivity index (χ4n) is 2.07. The van der Waals surface area contributed by atoms with Gasteiger partial charge in [-0.2, -0.15) is 0 Å². The Labute approximate surface area is 119 Å². The molecule has 0 fully saturated rings. The summed E-state index contributed by atoms with van der Waals surface area (Å²) in [4.78, 5) is 6.65. The number of nitrogens with one attached hydrogen (secondary N) is 2. The highest BCUT2D eigenvalue weighted by Gasteiger charge is 2.19. The molecule has 0 aliphatic heterocycles. The van der Waals surface area contributed by atoms with Crippen LogP contribution in [-0.2, 0) is 16.4 Å². The summed E-state index contributed by atoms with van der Waals surface area (Å²) in [7, 11) is -3.54. The van der Waals surface area contributed by atoms with Gasteiger partial charge in [0.1, 0.15) is 5.82 Å². The summed E-state index contributed by atoms with van der Waals surface area (Å²) in [6.45, 7) is 5.60. The van der Waals surface area contributed by atoms with Crippen LogP contribution in [0.3, 0.4) is 0 Å². The normalized spacial score (nSPS) is 13.3. The molecule has 5 nitrogen and oxygen atoms in total. The molecule has 0 radical (unpaired) electrons. The largest absolute Gasteiger partial charge is 0.332 e. The summed E-state index contributed by atoms with van der Waals surface area (Å²) in [6, 6.07) is 7.78. The van der Waals surface area contributed by atoms with Gasteiger partial charge in [-0.3, -0.25) is 0 Å². The minimum atomic E-state index is -3.54. The minimum absolute atomic E-state index is 0.103. The summed E-state index contributed by atoms with van der Waals surface area (Å²) in [5, 5.41) is 0.103. The zero-order chi connectivity index (χ0) is 14.8. The van der Waals surface area contributed by atoms with Gasteiger partial charge in [0.25, 0.3) is 10.0 Å². The van der Waals surface area contributed by atoms with E-state index in [4.69, 9.17) is 0 Å². The number of benzene rings is 1. The Morgan fingerprint density at radius 2 is 2.00 bits per heavy atom. The van der Waals surface area contributed by atoms with Crippen LogP contribution in [0.1, 0.15) is 23.9 Å². The number of aromatic amines is 1. The maximum absolute atomic E-state index is 12.1. The molecule has 2 N–H and O–H groups in total. The highest BCUT2D eigenvalue weighted by atomic mass is 32.2. The summed E-state index contributed by atoms with van der Waals surface area (Å²) in [5.41, 5.74) is 2.31. The van der Waals surface area contributed by atoms with E-state index in [1.54, 1.807) is 6.92 Å². The molecule has 0 bridgehead atoms. The number of nitrogens with zero attached hydrogens (tertiary/aromatic N) is 1. The van der Waals surface area contributed by atoms with Crippen molar-refractivity contribution >= 4 is 10.0 Å². The Bertz CT molecular complexity index is 692. The zero-order valence-corrected chi connectivity index (χ0v) is 12.7. The lowest BCUT2D eigenvalue weighted by Gasteiger charge is -2.14. The third-order valence-electron chi connectivity index (χ3n) is 3.11. The molecular formula is C14H19N3O2S. The molecule has 1 unspecified atom stereocenters. The zero-order valence-electron chi connectivity index (χ0n) is 11.8. The first kappa shape index (κ1) is 14.7. The molecule has 0 aliphatic carbocycles. The van der Waals surface area contributed by atoms with Crippen molar-refractivity contribution in [3.05, 3.63) is 47.4 Å². The van der Waals surface area contributed by atoms with Gasteiger partial charge in [0.15, 0.2) is 5.03 Å². The van der Waals surface area contributed by atoms with Crippen molar-refractivity contribution in [3.63, 3.8) is 0 Å². The molecule has 0 saturated heterocycles. The molecule has 2 aromatic rings. The second kappa shape index (κ2) is 5.76. The molecule has 0 aliphatic rings. The highest BCUT2D eigenvalue weighted by molar-refractivity contribution is 7.89. The van der Waals surface area contributed by atoms with Gasteiger partial charge in [-0.25, -0.2) is 18.1 Å². The summed E-state index contributed by atoms with van der Waals surface area (Å²) in [6.07, 6.45) is 1.98. The first-order valence-electron chi connectivity index (χ1n) is 6.47. The fourth-order valence-corrected chi connectivity index (χ4v) is 3.29. The van der Waals surface area contributed by atoms with Gasteiger partial charge in [-0.1, -0.05) is 24.3 Å². The van der Waals surface area contributed by atoms with Crippen molar-refractivity contribution in [2.45, 2.75) is 38.3 Å². The Morgan fingerprint density at radius 1 is 1.30 bits per heavy atom. The van der Waals surface area contributed by atoms with Gasteiger partial charge in [0, 0.05) is 6.04 Å². The average molecular weight is 293 g/mol. The van der Waals surface area contributed by atoms with Crippen LogP contribution in [0.25, 0.3) is 0 Å². The smallest absolute Gasteiger partial charge is 0.257 e. The Morgan fingerprint density at radius 3 is 2.60 bits per heavy atom. The van der Waals surface area contributed by atoms with Crippen LogP contribution >= 0.6 is 0 Å².